The lowest BCUT2D eigenvalue weighted by Crippen LogP contribution is -2.16. The zero-order valence-electron chi connectivity index (χ0n) is 18.9. The number of aromatic nitrogens is 2. The normalized spacial score (nSPS) is 10.7. The molecular weight excluding hydrogens is 489 g/mol. The van der Waals surface area contributed by atoms with Crippen LogP contribution < -0.4 is 10.1 Å². The summed E-state index contributed by atoms with van der Waals surface area (Å²) in [6.07, 6.45) is -0.221. The highest BCUT2D eigenvalue weighted by Crippen LogP contribution is 2.34. The Hall–Kier alpha value is -3.81. The summed E-state index contributed by atoms with van der Waals surface area (Å²) in [5.41, 5.74) is 3.70. The van der Waals surface area contributed by atoms with Crippen LogP contribution in [0, 0.1) is 6.92 Å². The molecule has 35 heavy (non-hydrogen) atoms. The molecule has 0 spiro atoms. The first-order valence-corrected chi connectivity index (χ1v) is 11.3. The topological polar surface area (TPSA) is 93.5 Å². The number of nitrogens with zero attached hydrogens (tertiary/aromatic N) is 2. The third-order valence-corrected chi connectivity index (χ3v) is 6.00. The smallest absolute Gasteiger partial charge is 0.307 e. The van der Waals surface area contributed by atoms with Crippen molar-refractivity contribution in [1.82, 2.24) is 9.78 Å². The molecule has 0 unspecified atom stereocenters. The highest BCUT2D eigenvalue weighted by Gasteiger charge is 2.24. The number of halogens is 2. The molecule has 0 atom stereocenters. The Balaban J connectivity index is 1.82. The number of benzene rings is 3. The second-order valence-corrected chi connectivity index (χ2v) is 8.58. The van der Waals surface area contributed by atoms with E-state index in [2.05, 4.69) is 10.4 Å². The number of hydrogen-bond donors (Lipinski definition) is 2. The fourth-order valence-corrected chi connectivity index (χ4v) is 4.14. The van der Waals surface area contributed by atoms with Crippen LogP contribution in [0.4, 0.5) is 5.69 Å². The van der Waals surface area contributed by atoms with Gasteiger partial charge in [0, 0.05) is 27.9 Å². The van der Waals surface area contributed by atoms with Gasteiger partial charge in [-0.25, -0.2) is 4.68 Å². The van der Waals surface area contributed by atoms with E-state index in [1.807, 2.05) is 12.1 Å². The number of rotatable bonds is 7. The number of carbonyl (C=O) groups is 2. The van der Waals surface area contributed by atoms with Gasteiger partial charge < -0.3 is 15.2 Å². The number of anilines is 1. The van der Waals surface area contributed by atoms with Crippen molar-refractivity contribution in [3.63, 3.8) is 0 Å². The molecule has 4 rings (SSSR count). The molecule has 4 aromatic rings. The number of carbonyl (C=O) groups excluding carboxylic acids is 1. The van der Waals surface area contributed by atoms with Crippen LogP contribution in [-0.2, 0) is 11.2 Å². The van der Waals surface area contributed by atoms with E-state index in [9.17, 15) is 14.7 Å². The van der Waals surface area contributed by atoms with Crippen LogP contribution >= 0.6 is 23.2 Å². The first-order chi connectivity index (χ1) is 16.8. The highest BCUT2D eigenvalue weighted by atomic mass is 35.5. The van der Waals surface area contributed by atoms with E-state index in [1.54, 1.807) is 73.3 Å². The number of ether oxygens (including phenoxy) is 1. The number of carboxylic acid groups (broad SMARTS) is 1. The van der Waals surface area contributed by atoms with Crippen LogP contribution in [0.5, 0.6) is 5.75 Å². The number of para-hydroxylation sites is 1. The van der Waals surface area contributed by atoms with Crippen LogP contribution in [-0.4, -0.2) is 33.9 Å². The summed E-state index contributed by atoms with van der Waals surface area (Å²) >= 11 is 12.6. The summed E-state index contributed by atoms with van der Waals surface area (Å²) in [7, 11) is 1.55. The third kappa shape index (κ3) is 5.16. The Morgan fingerprint density at radius 1 is 1.06 bits per heavy atom. The Morgan fingerprint density at radius 2 is 1.77 bits per heavy atom. The van der Waals surface area contributed by atoms with Crippen molar-refractivity contribution in [3.05, 3.63) is 93.6 Å². The Morgan fingerprint density at radius 3 is 2.43 bits per heavy atom. The molecule has 2 N–H and O–H groups in total. The molecule has 0 bridgehead atoms. The van der Waals surface area contributed by atoms with Gasteiger partial charge in [0.15, 0.2) is 5.69 Å². The van der Waals surface area contributed by atoms with Crippen LogP contribution in [0.3, 0.4) is 0 Å². The van der Waals surface area contributed by atoms with Gasteiger partial charge in [0.25, 0.3) is 5.91 Å². The number of amides is 1. The van der Waals surface area contributed by atoms with Crippen molar-refractivity contribution in [3.8, 4) is 22.7 Å². The predicted octanol–water partition coefficient (Wildman–Crippen LogP) is 6.04. The van der Waals surface area contributed by atoms with Gasteiger partial charge in [-0.3, -0.25) is 9.59 Å². The zero-order chi connectivity index (χ0) is 25.1. The monoisotopic (exact) mass is 509 g/mol. The molecule has 0 saturated heterocycles. The van der Waals surface area contributed by atoms with Crippen molar-refractivity contribution >= 4 is 40.8 Å². The maximum Gasteiger partial charge on any atom is 0.307 e. The van der Waals surface area contributed by atoms with Crippen LogP contribution in [0.2, 0.25) is 10.0 Å². The summed E-state index contributed by atoms with van der Waals surface area (Å²) in [5, 5.41) is 17.6. The quantitative estimate of drug-likeness (QED) is 0.316. The lowest BCUT2D eigenvalue weighted by atomic mass is 10.1. The molecule has 0 aliphatic heterocycles. The first-order valence-electron chi connectivity index (χ1n) is 10.6. The molecule has 0 aliphatic rings. The van der Waals surface area contributed by atoms with E-state index in [1.165, 1.54) is 0 Å². The van der Waals surface area contributed by atoms with Gasteiger partial charge in [-0.1, -0.05) is 53.5 Å². The van der Waals surface area contributed by atoms with Crippen LogP contribution in [0.15, 0.2) is 66.7 Å². The average Bonchev–Trinajstić information content (AvgIpc) is 3.17. The Bertz CT molecular complexity index is 1410. The first kappa shape index (κ1) is 24.3. The molecule has 3 aromatic carbocycles. The molecule has 0 fully saturated rings. The molecule has 1 aromatic heterocycles. The summed E-state index contributed by atoms with van der Waals surface area (Å²) < 4.78 is 6.86. The minimum absolute atomic E-state index is 0.173. The molecular formula is C26H21Cl2N3O4. The maximum atomic E-state index is 13.3. The lowest BCUT2D eigenvalue weighted by Gasteiger charge is -2.11. The Kier molecular flexibility index (Phi) is 7.10. The zero-order valence-corrected chi connectivity index (χ0v) is 20.4. The van der Waals surface area contributed by atoms with E-state index in [4.69, 9.17) is 27.9 Å². The number of aliphatic carboxylic acids is 1. The minimum atomic E-state index is -0.994. The second-order valence-electron chi connectivity index (χ2n) is 7.74. The highest BCUT2D eigenvalue weighted by molar-refractivity contribution is 6.32. The lowest BCUT2D eigenvalue weighted by molar-refractivity contribution is -0.136. The van der Waals surface area contributed by atoms with E-state index < -0.39 is 11.9 Å². The summed E-state index contributed by atoms with van der Waals surface area (Å²) in [5.74, 6) is -0.881. The van der Waals surface area contributed by atoms with E-state index in [0.717, 1.165) is 5.56 Å². The summed E-state index contributed by atoms with van der Waals surface area (Å²) in [4.78, 5) is 24.6. The summed E-state index contributed by atoms with van der Waals surface area (Å²) in [6.45, 7) is 1.79. The van der Waals surface area contributed by atoms with Crippen molar-refractivity contribution in [2.45, 2.75) is 13.3 Å². The second kappa shape index (κ2) is 10.2. The molecule has 0 radical (unpaired) electrons. The fourth-order valence-electron chi connectivity index (χ4n) is 3.76. The van der Waals surface area contributed by atoms with Gasteiger partial charge in [0.05, 0.1) is 29.9 Å². The van der Waals surface area contributed by atoms with Crippen LogP contribution in [0.25, 0.3) is 16.9 Å². The van der Waals surface area contributed by atoms with Gasteiger partial charge in [-0.15, -0.1) is 0 Å². The minimum Gasteiger partial charge on any atom is -0.497 e. The molecule has 7 nitrogen and oxygen atoms in total. The van der Waals surface area contributed by atoms with E-state index in [-0.39, 0.29) is 12.1 Å². The Labute approximate surface area is 211 Å². The maximum absolute atomic E-state index is 13.3. The van der Waals surface area contributed by atoms with Gasteiger partial charge in [-0.05, 0) is 42.8 Å². The molecule has 0 aliphatic carbocycles. The summed E-state index contributed by atoms with van der Waals surface area (Å²) in [6, 6.07) is 19.1. The average molecular weight is 510 g/mol. The number of hydrogen-bond acceptors (Lipinski definition) is 4. The van der Waals surface area contributed by atoms with Crippen molar-refractivity contribution in [2.24, 2.45) is 0 Å². The van der Waals surface area contributed by atoms with Crippen molar-refractivity contribution in [2.75, 3.05) is 12.4 Å². The molecule has 178 valence electrons. The third-order valence-electron chi connectivity index (χ3n) is 5.45. The largest absolute Gasteiger partial charge is 0.497 e. The molecule has 0 saturated carbocycles. The van der Waals surface area contributed by atoms with E-state index >= 15 is 0 Å². The fraction of sp³-hybridized carbons (Fsp3) is 0.115. The van der Waals surface area contributed by atoms with Crippen LogP contribution in [0.1, 0.15) is 21.6 Å². The number of nitrogens with one attached hydrogen (secondary N) is 1. The van der Waals surface area contributed by atoms with Gasteiger partial charge >= 0.3 is 5.97 Å². The molecule has 9 heteroatoms. The SMILES string of the molecule is COc1ccc(-n2nc(C(=O)Nc3ccccc3CC(=O)O)c(C)c2-c2ccc(Cl)cc2)c(Cl)c1. The van der Waals surface area contributed by atoms with Gasteiger partial charge in [0.1, 0.15) is 5.75 Å². The van der Waals surface area contributed by atoms with Gasteiger partial charge in [-0.2, -0.15) is 5.10 Å². The predicted molar refractivity (Wildman–Crippen MR) is 136 cm³/mol. The molecule has 1 heterocycles. The van der Waals surface area contributed by atoms with Crippen molar-refractivity contribution < 1.29 is 19.4 Å². The standard InChI is InChI=1S/C26H21Cl2N3O4/c1-15-24(26(34)29-21-6-4-3-5-17(21)13-23(32)33)30-31(22-12-11-19(35-2)14-20(22)28)25(15)16-7-9-18(27)10-8-16/h3-12,14H,13H2,1-2H3,(H,29,34)(H,32,33). The van der Waals surface area contributed by atoms with Crippen molar-refractivity contribution in [1.29, 1.82) is 0 Å². The van der Waals surface area contributed by atoms with Gasteiger partial charge in [0.2, 0.25) is 0 Å². The number of carboxylic acids is 1. The molecule has 1 amide bonds. The van der Waals surface area contributed by atoms with E-state index in [0.29, 0.717) is 44.0 Å². The number of methoxy groups -OCH3 is 1.